The Morgan fingerprint density at radius 1 is 1.13 bits per heavy atom. The highest BCUT2D eigenvalue weighted by molar-refractivity contribution is 5.68. The Morgan fingerprint density at radius 2 is 2.00 bits per heavy atom. The van der Waals surface area contributed by atoms with Crippen LogP contribution in [0.4, 0.5) is 30.8 Å². The summed E-state index contributed by atoms with van der Waals surface area (Å²) in [5, 5.41) is 0. The Bertz CT molecular complexity index is 879. The zero-order chi connectivity index (χ0) is 21.1. The van der Waals surface area contributed by atoms with Crippen LogP contribution in [0.15, 0.2) is 18.3 Å². The first-order valence-electron chi connectivity index (χ1n) is 9.81. The van der Waals surface area contributed by atoms with E-state index in [0.717, 1.165) is 13.0 Å². The molecule has 162 valence electrons. The van der Waals surface area contributed by atoms with E-state index in [2.05, 4.69) is 24.6 Å². The second kappa shape index (κ2) is 8.90. The molecule has 0 spiro atoms. The molecule has 0 unspecified atom stereocenters. The summed E-state index contributed by atoms with van der Waals surface area (Å²) in [6.07, 6.45) is 1.77. The number of halogens is 3. The molecule has 0 saturated carbocycles. The van der Waals surface area contributed by atoms with Gasteiger partial charge >= 0.3 is 6.61 Å². The maximum atomic E-state index is 13.8. The molecule has 0 amide bonds. The summed E-state index contributed by atoms with van der Waals surface area (Å²) in [5.41, 5.74) is 6.57. The summed E-state index contributed by atoms with van der Waals surface area (Å²) >= 11 is 0. The third-order valence-corrected chi connectivity index (χ3v) is 5.05. The van der Waals surface area contributed by atoms with Crippen LogP contribution in [0.2, 0.25) is 0 Å². The van der Waals surface area contributed by atoms with Gasteiger partial charge in [0.1, 0.15) is 12.0 Å². The van der Waals surface area contributed by atoms with E-state index in [9.17, 15) is 13.2 Å². The van der Waals surface area contributed by atoms with Crippen LogP contribution in [-0.2, 0) is 4.74 Å². The van der Waals surface area contributed by atoms with E-state index in [-0.39, 0.29) is 18.1 Å². The lowest BCUT2D eigenvalue weighted by molar-refractivity contribution is -0.0494. The number of nitrogen functional groups attached to an aromatic ring is 1. The third kappa shape index (κ3) is 4.66. The Labute approximate surface area is 171 Å². The van der Waals surface area contributed by atoms with Crippen LogP contribution in [0.3, 0.4) is 0 Å². The summed E-state index contributed by atoms with van der Waals surface area (Å²) in [7, 11) is 0. The van der Waals surface area contributed by atoms with E-state index < -0.39 is 12.8 Å². The lowest BCUT2D eigenvalue weighted by atomic mass is 10.2. The molecule has 4 rings (SSSR count). The minimum atomic E-state index is -3.02. The molecule has 11 heteroatoms. The highest BCUT2D eigenvalue weighted by Crippen LogP contribution is 2.31. The predicted molar refractivity (Wildman–Crippen MR) is 106 cm³/mol. The SMILES string of the molecule is Nc1ncc(-c2cc(N3CCCOCC3)nc(N3CC[C@@H](F)C3)n2)cc1OC(F)F. The van der Waals surface area contributed by atoms with Gasteiger partial charge in [-0.2, -0.15) is 13.8 Å². The Kier molecular flexibility index (Phi) is 6.07. The van der Waals surface area contributed by atoms with Crippen LogP contribution < -0.4 is 20.3 Å². The number of pyridine rings is 1. The molecule has 2 aliphatic rings. The van der Waals surface area contributed by atoms with Gasteiger partial charge in [0.15, 0.2) is 11.6 Å². The van der Waals surface area contributed by atoms with Crippen molar-refractivity contribution in [3.63, 3.8) is 0 Å². The van der Waals surface area contributed by atoms with Gasteiger partial charge in [-0.1, -0.05) is 0 Å². The first-order valence-corrected chi connectivity index (χ1v) is 9.81. The van der Waals surface area contributed by atoms with E-state index in [4.69, 9.17) is 10.5 Å². The maximum absolute atomic E-state index is 13.8. The molecule has 2 fully saturated rings. The van der Waals surface area contributed by atoms with Crippen LogP contribution in [-0.4, -0.2) is 67.1 Å². The zero-order valence-corrected chi connectivity index (χ0v) is 16.3. The molecule has 4 heterocycles. The van der Waals surface area contributed by atoms with Crippen molar-refractivity contribution in [1.29, 1.82) is 0 Å². The molecule has 2 aliphatic heterocycles. The Hall–Kier alpha value is -2.82. The van der Waals surface area contributed by atoms with Crippen molar-refractivity contribution in [3.05, 3.63) is 18.3 Å². The molecule has 0 radical (unpaired) electrons. The van der Waals surface area contributed by atoms with Gasteiger partial charge in [-0.3, -0.25) is 0 Å². The van der Waals surface area contributed by atoms with Crippen molar-refractivity contribution >= 4 is 17.6 Å². The van der Waals surface area contributed by atoms with Crippen LogP contribution >= 0.6 is 0 Å². The van der Waals surface area contributed by atoms with Crippen molar-refractivity contribution in [2.75, 3.05) is 54.9 Å². The minimum Gasteiger partial charge on any atom is -0.431 e. The monoisotopic (exact) mass is 424 g/mol. The van der Waals surface area contributed by atoms with Gasteiger partial charge in [0.25, 0.3) is 0 Å². The summed E-state index contributed by atoms with van der Waals surface area (Å²) in [4.78, 5) is 17.0. The third-order valence-electron chi connectivity index (χ3n) is 5.05. The van der Waals surface area contributed by atoms with Crippen molar-refractivity contribution in [2.45, 2.75) is 25.6 Å². The van der Waals surface area contributed by atoms with Gasteiger partial charge in [0.2, 0.25) is 5.95 Å². The molecule has 8 nitrogen and oxygen atoms in total. The quantitative estimate of drug-likeness (QED) is 0.783. The van der Waals surface area contributed by atoms with E-state index in [1.54, 1.807) is 11.0 Å². The summed E-state index contributed by atoms with van der Waals surface area (Å²) in [6, 6.07) is 3.13. The minimum absolute atomic E-state index is 0.141. The average Bonchev–Trinajstić information content (AvgIpc) is 2.98. The van der Waals surface area contributed by atoms with E-state index >= 15 is 0 Å². The highest BCUT2D eigenvalue weighted by Gasteiger charge is 2.26. The number of nitrogens with two attached hydrogens (primary N) is 1. The first kappa shape index (κ1) is 20.5. The summed E-state index contributed by atoms with van der Waals surface area (Å²) < 4.78 is 49.1. The second-order valence-electron chi connectivity index (χ2n) is 7.18. The summed E-state index contributed by atoms with van der Waals surface area (Å²) in [5.74, 6) is 0.687. The lowest BCUT2D eigenvalue weighted by Crippen LogP contribution is -2.29. The number of hydrogen-bond acceptors (Lipinski definition) is 8. The molecule has 0 aromatic carbocycles. The van der Waals surface area contributed by atoms with Crippen LogP contribution in [0.1, 0.15) is 12.8 Å². The normalized spacial score (nSPS) is 19.9. The Morgan fingerprint density at radius 3 is 2.77 bits per heavy atom. The largest absolute Gasteiger partial charge is 0.431 e. The van der Waals surface area contributed by atoms with Crippen LogP contribution in [0, 0.1) is 0 Å². The summed E-state index contributed by atoms with van der Waals surface area (Å²) in [6.45, 7) is 0.346. The van der Waals surface area contributed by atoms with Gasteiger partial charge < -0.3 is 25.0 Å². The molecule has 2 N–H and O–H groups in total. The van der Waals surface area contributed by atoms with Gasteiger partial charge in [-0.25, -0.2) is 14.4 Å². The molecule has 1 atom stereocenters. The van der Waals surface area contributed by atoms with Crippen molar-refractivity contribution < 1.29 is 22.6 Å². The fraction of sp³-hybridized carbons (Fsp3) is 0.526. The number of nitrogens with zero attached hydrogens (tertiary/aromatic N) is 5. The molecule has 2 aromatic heterocycles. The second-order valence-corrected chi connectivity index (χ2v) is 7.18. The van der Waals surface area contributed by atoms with Gasteiger partial charge in [0, 0.05) is 44.1 Å². The number of ether oxygens (including phenoxy) is 2. The molecule has 2 aromatic rings. The zero-order valence-electron chi connectivity index (χ0n) is 16.3. The fourth-order valence-electron chi connectivity index (χ4n) is 3.53. The fourth-order valence-corrected chi connectivity index (χ4v) is 3.53. The highest BCUT2D eigenvalue weighted by atomic mass is 19.3. The number of hydrogen-bond donors (Lipinski definition) is 1. The van der Waals surface area contributed by atoms with E-state index in [0.29, 0.717) is 55.7 Å². The van der Waals surface area contributed by atoms with Crippen LogP contribution in [0.25, 0.3) is 11.3 Å². The molecule has 30 heavy (non-hydrogen) atoms. The van der Waals surface area contributed by atoms with E-state index in [1.165, 1.54) is 12.3 Å². The number of rotatable bonds is 5. The maximum Gasteiger partial charge on any atom is 0.387 e. The van der Waals surface area contributed by atoms with Crippen LogP contribution in [0.5, 0.6) is 5.75 Å². The topological polar surface area (TPSA) is 89.6 Å². The smallest absolute Gasteiger partial charge is 0.387 e. The standard InChI is InChI=1S/C19H23F3N6O2/c20-13-2-4-28(11-13)19-25-14(9-16(26-19)27-3-1-6-29-7-5-27)12-8-15(30-18(21)22)17(23)24-10-12/h8-10,13,18H,1-7,11H2,(H2,23,24)/t13-/m1/s1. The molecular formula is C19H23F3N6O2. The number of alkyl halides is 3. The molecule has 2 saturated heterocycles. The Balaban J connectivity index is 1.73. The lowest BCUT2D eigenvalue weighted by Gasteiger charge is -2.24. The molecule has 0 bridgehead atoms. The number of aromatic nitrogens is 3. The van der Waals surface area contributed by atoms with Crippen molar-refractivity contribution in [2.24, 2.45) is 0 Å². The van der Waals surface area contributed by atoms with E-state index in [1.807, 2.05) is 0 Å². The van der Waals surface area contributed by atoms with Crippen molar-refractivity contribution in [1.82, 2.24) is 15.0 Å². The van der Waals surface area contributed by atoms with Gasteiger partial charge in [-0.05, 0) is 18.9 Å². The average molecular weight is 424 g/mol. The first-order chi connectivity index (χ1) is 14.5. The van der Waals surface area contributed by atoms with Crippen molar-refractivity contribution in [3.8, 4) is 17.0 Å². The van der Waals surface area contributed by atoms with Gasteiger partial charge in [-0.15, -0.1) is 0 Å². The number of anilines is 3. The molecular weight excluding hydrogens is 401 g/mol. The predicted octanol–water partition coefficient (Wildman–Crippen LogP) is 2.50. The van der Waals surface area contributed by atoms with Gasteiger partial charge in [0.05, 0.1) is 18.8 Å². The molecule has 0 aliphatic carbocycles.